The zero-order valence-electron chi connectivity index (χ0n) is 10.8. The number of likely N-dealkylation sites (tertiary alicyclic amines) is 1. The van der Waals surface area contributed by atoms with Crippen LogP contribution in [0.2, 0.25) is 0 Å². The minimum Gasteiger partial charge on any atom is -0.366 e. The molecule has 3 heteroatoms. The molecular formula is C15H19NOS. The molecule has 1 aromatic rings. The summed E-state index contributed by atoms with van der Waals surface area (Å²) in [6.07, 6.45) is 7.60. The van der Waals surface area contributed by atoms with Crippen LogP contribution in [0.5, 0.6) is 0 Å². The van der Waals surface area contributed by atoms with E-state index in [1.165, 1.54) is 19.3 Å². The topological polar surface area (TPSA) is 20.3 Å². The van der Waals surface area contributed by atoms with Crippen LogP contribution in [0.4, 0.5) is 0 Å². The number of hydrogen-bond acceptors (Lipinski definition) is 3. The highest BCUT2D eigenvalue weighted by molar-refractivity contribution is 8.02. The molecule has 0 bridgehead atoms. The summed E-state index contributed by atoms with van der Waals surface area (Å²) < 4.78 is 0. The Morgan fingerprint density at radius 1 is 1.17 bits per heavy atom. The van der Waals surface area contributed by atoms with Gasteiger partial charge in [0, 0.05) is 24.7 Å². The average molecular weight is 261 g/mol. The van der Waals surface area contributed by atoms with Gasteiger partial charge in [0.1, 0.15) is 0 Å². The molecule has 0 amide bonds. The first-order chi connectivity index (χ1) is 8.81. The third kappa shape index (κ3) is 3.39. The molecule has 1 saturated heterocycles. The summed E-state index contributed by atoms with van der Waals surface area (Å²) in [5.41, 5.74) is 0.765. The lowest BCUT2D eigenvalue weighted by molar-refractivity contribution is 0.104. The normalized spacial score (nSPS) is 16.7. The zero-order valence-corrected chi connectivity index (χ0v) is 11.6. The van der Waals surface area contributed by atoms with Gasteiger partial charge in [0.05, 0.1) is 5.03 Å². The van der Waals surface area contributed by atoms with E-state index < -0.39 is 0 Å². The average Bonchev–Trinajstić information content (AvgIpc) is 2.46. The summed E-state index contributed by atoms with van der Waals surface area (Å²) in [7, 11) is 0. The summed E-state index contributed by atoms with van der Waals surface area (Å²) in [6.45, 7) is 2.16. The van der Waals surface area contributed by atoms with Crippen molar-refractivity contribution in [3.05, 3.63) is 47.0 Å². The van der Waals surface area contributed by atoms with E-state index in [2.05, 4.69) is 4.90 Å². The summed E-state index contributed by atoms with van der Waals surface area (Å²) in [6, 6.07) is 9.47. The monoisotopic (exact) mass is 261 g/mol. The minimum absolute atomic E-state index is 0.102. The van der Waals surface area contributed by atoms with E-state index in [9.17, 15) is 4.79 Å². The van der Waals surface area contributed by atoms with Gasteiger partial charge in [0.2, 0.25) is 0 Å². The fourth-order valence-electron chi connectivity index (χ4n) is 2.19. The predicted molar refractivity (Wildman–Crippen MR) is 77.8 cm³/mol. The molecule has 18 heavy (non-hydrogen) atoms. The van der Waals surface area contributed by atoms with Crippen LogP contribution < -0.4 is 0 Å². The van der Waals surface area contributed by atoms with E-state index in [0.717, 1.165) is 23.7 Å². The molecule has 0 spiro atoms. The third-order valence-electron chi connectivity index (χ3n) is 3.19. The molecule has 2 rings (SSSR count). The first-order valence-corrected chi connectivity index (χ1v) is 7.64. The number of carbonyl (C=O) groups is 1. The van der Waals surface area contributed by atoms with Crippen molar-refractivity contribution in [3.8, 4) is 0 Å². The number of thioether (sulfide) groups is 1. The van der Waals surface area contributed by atoms with Crippen LogP contribution in [-0.2, 0) is 0 Å². The molecule has 1 heterocycles. The Labute approximate surface area is 113 Å². The Morgan fingerprint density at radius 3 is 2.44 bits per heavy atom. The third-order valence-corrected chi connectivity index (χ3v) is 3.98. The molecule has 0 aromatic heterocycles. The number of nitrogens with zero attached hydrogens (tertiary/aromatic N) is 1. The fourth-order valence-corrected chi connectivity index (χ4v) is 2.86. The van der Waals surface area contributed by atoms with Gasteiger partial charge in [0.25, 0.3) is 0 Å². The van der Waals surface area contributed by atoms with Crippen molar-refractivity contribution >= 4 is 17.5 Å². The number of ketones is 1. The Morgan fingerprint density at radius 2 is 1.83 bits per heavy atom. The number of allylic oxidation sites excluding steroid dienone is 1. The van der Waals surface area contributed by atoms with Crippen LogP contribution in [0.15, 0.2) is 41.4 Å². The van der Waals surface area contributed by atoms with Crippen molar-refractivity contribution in [2.45, 2.75) is 19.3 Å². The van der Waals surface area contributed by atoms with Crippen LogP contribution >= 0.6 is 11.8 Å². The highest BCUT2D eigenvalue weighted by Crippen LogP contribution is 2.22. The van der Waals surface area contributed by atoms with Crippen molar-refractivity contribution in [3.63, 3.8) is 0 Å². The lowest BCUT2D eigenvalue weighted by Crippen LogP contribution is -2.28. The van der Waals surface area contributed by atoms with Gasteiger partial charge in [-0.3, -0.25) is 4.79 Å². The van der Waals surface area contributed by atoms with Gasteiger partial charge in [-0.15, -0.1) is 11.8 Å². The van der Waals surface area contributed by atoms with Gasteiger partial charge in [-0.05, 0) is 25.5 Å². The van der Waals surface area contributed by atoms with Crippen LogP contribution in [0.1, 0.15) is 29.6 Å². The van der Waals surface area contributed by atoms with Crippen molar-refractivity contribution in [2.75, 3.05) is 19.3 Å². The van der Waals surface area contributed by atoms with Crippen molar-refractivity contribution in [1.82, 2.24) is 4.90 Å². The largest absolute Gasteiger partial charge is 0.366 e. The molecule has 96 valence electrons. The van der Waals surface area contributed by atoms with E-state index in [4.69, 9.17) is 0 Å². The first kappa shape index (κ1) is 13.2. The second-order valence-corrected chi connectivity index (χ2v) is 5.29. The summed E-state index contributed by atoms with van der Waals surface area (Å²) in [4.78, 5) is 14.5. The summed E-state index contributed by atoms with van der Waals surface area (Å²) in [5.74, 6) is 0.102. The molecule has 0 aliphatic carbocycles. The molecule has 1 aliphatic heterocycles. The van der Waals surface area contributed by atoms with E-state index in [0.29, 0.717) is 0 Å². The smallest absolute Gasteiger partial charge is 0.188 e. The van der Waals surface area contributed by atoms with E-state index in [1.54, 1.807) is 17.8 Å². The van der Waals surface area contributed by atoms with Crippen LogP contribution in [-0.4, -0.2) is 30.0 Å². The lowest BCUT2D eigenvalue weighted by Gasteiger charge is -2.29. The number of rotatable bonds is 4. The molecule has 1 fully saturated rings. The molecule has 1 aromatic carbocycles. The Hall–Kier alpha value is -1.22. The Kier molecular flexibility index (Phi) is 4.88. The van der Waals surface area contributed by atoms with E-state index in [1.807, 2.05) is 36.6 Å². The summed E-state index contributed by atoms with van der Waals surface area (Å²) >= 11 is 1.67. The van der Waals surface area contributed by atoms with E-state index in [-0.39, 0.29) is 5.78 Å². The first-order valence-electron chi connectivity index (χ1n) is 6.41. The summed E-state index contributed by atoms with van der Waals surface area (Å²) in [5, 5.41) is 1.10. The maximum atomic E-state index is 12.1. The molecule has 2 nitrogen and oxygen atoms in total. The molecule has 0 saturated carbocycles. The minimum atomic E-state index is 0.102. The molecule has 0 unspecified atom stereocenters. The van der Waals surface area contributed by atoms with Crippen LogP contribution in [0, 0.1) is 0 Å². The number of benzene rings is 1. The fraction of sp³-hybridized carbons (Fsp3) is 0.400. The number of carbonyl (C=O) groups excluding carboxylic acids is 1. The zero-order chi connectivity index (χ0) is 12.8. The van der Waals surface area contributed by atoms with Crippen LogP contribution in [0.3, 0.4) is 0 Å². The van der Waals surface area contributed by atoms with Gasteiger partial charge >= 0.3 is 0 Å². The SMILES string of the molecule is CS/C(=C/C(=O)c1ccccc1)N1CCCCC1. The predicted octanol–water partition coefficient (Wildman–Crippen LogP) is 3.56. The number of piperidine rings is 1. The van der Waals surface area contributed by atoms with Crippen LogP contribution in [0.25, 0.3) is 0 Å². The van der Waals surface area contributed by atoms with Crippen molar-refractivity contribution in [1.29, 1.82) is 0 Å². The second kappa shape index (κ2) is 6.64. The quantitative estimate of drug-likeness (QED) is 0.610. The van der Waals surface area contributed by atoms with Crippen molar-refractivity contribution < 1.29 is 4.79 Å². The maximum absolute atomic E-state index is 12.1. The van der Waals surface area contributed by atoms with Gasteiger partial charge < -0.3 is 4.90 Å². The molecule has 0 radical (unpaired) electrons. The molecular weight excluding hydrogens is 242 g/mol. The van der Waals surface area contributed by atoms with Crippen molar-refractivity contribution in [2.24, 2.45) is 0 Å². The van der Waals surface area contributed by atoms with Gasteiger partial charge in [-0.2, -0.15) is 0 Å². The Balaban J connectivity index is 2.11. The van der Waals surface area contributed by atoms with Gasteiger partial charge in [-0.25, -0.2) is 0 Å². The highest BCUT2D eigenvalue weighted by atomic mass is 32.2. The lowest BCUT2D eigenvalue weighted by atomic mass is 10.1. The molecule has 0 atom stereocenters. The second-order valence-electron chi connectivity index (χ2n) is 4.46. The Bertz CT molecular complexity index is 421. The molecule has 1 aliphatic rings. The van der Waals surface area contributed by atoms with Gasteiger partial charge in [-0.1, -0.05) is 30.3 Å². The number of hydrogen-bond donors (Lipinski definition) is 0. The standard InChI is InChI=1S/C15H19NOS/c1-18-15(16-10-6-3-7-11-16)12-14(17)13-8-4-2-5-9-13/h2,4-5,8-9,12H,3,6-7,10-11H2,1H3/b15-12+. The molecule has 0 N–H and O–H groups in total. The van der Waals surface area contributed by atoms with Gasteiger partial charge in [0.15, 0.2) is 5.78 Å². The van der Waals surface area contributed by atoms with E-state index >= 15 is 0 Å². The maximum Gasteiger partial charge on any atom is 0.188 e. The highest BCUT2D eigenvalue weighted by Gasteiger charge is 2.14.